The van der Waals surface area contributed by atoms with Crippen molar-refractivity contribution in [2.24, 2.45) is 0 Å². The Balaban J connectivity index is 2.56. The van der Waals surface area contributed by atoms with Gasteiger partial charge in [-0.15, -0.1) is 0 Å². The van der Waals surface area contributed by atoms with E-state index in [1.807, 2.05) is 0 Å². The predicted octanol–water partition coefficient (Wildman–Crippen LogP) is 1.94. The van der Waals surface area contributed by atoms with Gasteiger partial charge in [0.25, 0.3) is 0 Å². The first kappa shape index (κ1) is 13.1. The summed E-state index contributed by atoms with van der Waals surface area (Å²) in [4.78, 5) is 10.1. The Morgan fingerprint density at radius 1 is 1.62 bits per heavy atom. The van der Waals surface area contributed by atoms with Gasteiger partial charge in [-0.2, -0.15) is 4.68 Å². The topological polar surface area (TPSA) is 73.0 Å². The molecule has 0 saturated carbocycles. The molecule has 1 heterocycles. The number of aromatic nitrogens is 2. The number of nitro groups is 1. The molecule has 1 aromatic heterocycles. The fourth-order valence-corrected chi connectivity index (χ4v) is 1.63. The normalized spacial score (nSPS) is 11.8. The van der Waals surface area contributed by atoms with E-state index in [-0.39, 0.29) is 11.4 Å². The minimum Gasteiger partial charge on any atom is -0.358 e. The molecule has 0 aliphatic carbocycles. The Labute approximate surface area is 102 Å². The first-order valence-electron chi connectivity index (χ1n) is 4.92. The molecule has 0 aliphatic rings. The van der Waals surface area contributed by atoms with Gasteiger partial charge in [-0.3, -0.25) is 0 Å². The molecule has 0 bridgehead atoms. The van der Waals surface area contributed by atoms with Crippen molar-refractivity contribution in [3.63, 3.8) is 0 Å². The molecule has 6 nitrogen and oxygen atoms in total. The first-order chi connectivity index (χ1) is 7.29. The molecule has 0 fully saturated rings. The molecule has 90 valence electrons. The molecule has 1 rings (SSSR count). The molecule has 0 spiro atoms. The molecule has 0 amide bonds. The van der Waals surface area contributed by atoms with Crippen molar-refractivity contribution in [3.8, 4) is 0 Å². The van der Waals surface area contributed by atoms with Gasteiger partial charge in [-0.1, -0.05) is 0 Å². The number of hydrogen-bond donors (Lipinski definition) is 1. The maximum Gasteiger partial charge on any atom is 0.404 e. The highest BCUT2D eigenvalue weighted by Crippen LogP contribution is 2.21. The minimum absolute atomic E-state index is 0.0380. The summed E-state index contributed by atoms with van der Waals surface area (Å²) in [7, 11) is 0. The van der Waals surface area contributed by atoms with Gasteiger partial charge >= 0.3 is 5.82 Å². The van der Waals surface area contributed by atoms with E-state index in [4.69, 9.17) is 0 Å². The monoisotopic (exact) mass is 290 g/mol. The summed E-state index contributed by atoms with van der Waals surface area (Å²) in [6, 6.07) is 0. The molecular formula is C9H15BrN4O2. The maximum absolute atomic E-state index is 10.6. The van der Waals surface area contributed by atoms with Gasteiger partial charge in [-0.05, 0) is 41.6 Å². The van der Waals surface area contributed by atoms with E-state index in [2.05, 4.69) is 47.1 Å². The van der Waals surface area contributed by atoms with Crippen molar-refractivity contribution in [1.29, 1.82) is 0 Å². The standard InChI is InChI=1S/C9H15BrN4O2/c1-9(2,3)11-4-5-13-6-7(10)8(12-13)14(15)16/h6,11H,4-5H2,1-3H3. The van der Waals surface area contributed by atoms with E-state index in [0.29, 0.717) is 11.0 Å². The van der Waals surface area contributed by atoms with Crippen LogP contribution in [-0.2, 0) is 6.54 Å². The predicted molar refractivity (Wildman–Crippen MR) is 64.3 cm³/mol. The van der Waals surface area contributed by atoms with E-state index in [1.165, 1.54) is 0 Å². The zero-order valence-electron chi connectivity index (χ0n) is 9.53. The number of nitrogens with one attached hydrogen (secondary N) is 1. The Bertz CT molecular complexity index is 383. The molecule has 0 radical (unpaired) electrons. The molecule has 0 atom stereocenters. The minimum atomic E-state index is -0.502. The molecule has 16 heavy (non-hydrogen) atoms. The van der Waals surface area contributed by atoms with E-state index in [0.717, 1.165) is 6.54 Å². The van der Waals surface area contributed by atoms with Gasteiger partial charge in [0.05, 0.1) is 17.8 Å². The van der Waals surface area contributed by atoms with Crippen LogP contribution in [0.3, 0.4) is 0 Å². The van der Waals surface area contributed by atoms with Crippen molar-refractivity contribution >= 4 is 21.7 Å². The van der Waals surface area contributed by atoms with E-state index < -0.39 is 4.92 Å². The number of rotatable bonds is 4. The summed E-state index contributed by atoms with van der Waals surface area (Å²) in [5, 5.41) is 17.7. The van der Waals surface area contributed by atoms with Crippen LogP contribution in [0, 0.1) is 10.1 Å². The third-order valence-electron chi connectivity index (χ3n) is 1.87. The summed E-state index contributed by atoms with van der Waals surface area (Å²) in [5.74, 6) is -0.143. The largest absolute Gasteiger partial charge is 0.404 e. The first-order valence-corrected chi connectivity index (χ1v) is 5.71. The van der Waals surface area contributed by atoms with Crippen LogP contribution >= 0.6 is 15.9 Å². The van der Waals surface area contributed by atoms with E-state index in [1.54, 1.807) is 10.9 Å². The molecule has 0 saturated heterocycles. The van der Waals surface area contributed by atoms with Gasteiger partial charge in [0.15, 0.2) is 0 Å². The van der Waals surface area contributed by atoms with Gasteiger partial charge in [-0.25, -0.2) is 0 Å². The van der Waals surface area contributed by atoms with Crippen LogP contribution < -0.4 is 5.32 Å². The average molecular weight is 291 g/mol. The van der Waals surface area contributed by atoms with Gasteiger partial charge in [0.2, 0.25) is 0 Å². The van der Waals surface area contributed by atoms with E-state index in [9.17, 15) is 10.1 Å². The Morgan fingerprint density at radius 3 is 2.69 bits per heavy atom. The van der Waals surface area contributed by atoms with Crippen LogP contribution in [0.5, 0.6) is 0 Å². The molecule has 1 aromatic rings. The highest BCUT2D eigenvalue weighted by molar-refractivity contribution is 9.10. The maximum atomic E-state index is 10.6. The smallest absolute Gasteiger partial charge is 0.358 e. The highest BCUT2D eigenvalue weighted by atomic mass is 79.9. The average Bonchev–Trinajstić information content (AvgIpc) is 2.44. The van der Waals surface area contributed by atoms with Crippen molar-refractivity contribution in [3.05, 3.63) is 20.8 Å². The summed E-state index contributed by atoms with van der Waals surface area (Å²) in [6.07, 6.45) is 1.61. The summed E-state index contributed by atoms with van der Waals surface area (Å²) >= 11 is 3.10. The second-order valence-electron chi connectivity index (χ2n) is 4.50. The third kappa shape index (κ3) is 3.90. The van der Waals surface area contributed by atoms with Crippen LogP contribution in [0.25, 0.3) is 0 Å². The van der Waals surface area contributed by atoms with Crippen LogP contribution in [0.4, 0.5) is 5.82 Å². The fourth-order valence-electron chi connectivity index (χ4n) is 1.17. The lowest BCUT2D eigenvalue weighted by Gasteiger charge is -2.19. The Kier molecular flexibility index (Phi) is 4.03. The van der Waals surface area contributed by atoms with Crippen LogP contribution in [0.15, 0.2) is 10.7 Å². The van der Waals surface area contributed by atoms with Crippen molar-refractivity contribution in [2.75, 3.05) is 6.54 Å². The summed E-state index contributed by atoms with van der Waals surface area (Å²) in [5.41, 5.74) is 0.0380. The highest BCUT2D eigenvalue weighted by Gasteiger charge is 2.18. The number of halogens is 1. The molecule has 0 aliphatic heterocycles. The van der Waals surface area contributed by atoms with E-state index >= 15 is 0 Å². The van der Waals surface area contributed by atoms with Crippen LogP contribution in [0.2, 0.25) is 0 Å². The Hall–Kier alpha value is -0.950. The molecule has 7 heteroatoms. The second kappa shape index (κ2) is 4.92. The lowest BCUT2D eigenvalue weighted by molar-refractivity contribution is -0.390. The van der Waals surface area contributed by atoms with Gasteiger partial charge in [0.1, 0.15) is 4.47 Å². The molecule has 0 unspecified atom stereocenters. The van der Waals surface area contributed by atoms with Crippen LogP contribution in [-0.4, -0.2) is 26.8 Å². The van der Waals surface area contributed by atoms with Gasteiger partial charge in [0, 0.05) is 12.1 Å². The molecular weight excluding hydrogens is 276 g/mol. The summed E-state index contributed by atoms with van der Waals surface area (Å²) in [6.45, 7) is 7.51. The van der Waals surface area contributed by atoms with Gasteiger partial charge < -0.3 is 15.4 Å². The fraction of sp³-hybridized carbons (Fsp3) is 0.667. The third-order valence-corrected chi connectivity index (χ3v) is 2.43. The molecule has 1 N–H and O–H groups in total. The second-order valence-corrected chi connectivity index (χ2v) is 5.35. The molecule has 0 aromatic carbocycles. The summed E-state index contributed by atoms with van der Waals surface area (Å²) < 4.78 is 1.97. The number of hydrogen-bond acceptors (Lipinski definition) is 4. The lowest BCUT2D eigenvalue weighted by Crippen LogP contribution is -2.37. The van der Waals surface area contributed by atoms with Crippen molar-refractivity contribution in [1.82, 2.24) is 15.1 Å². The SMILES string of the molecule is CC(C)(C)NCCn1cc(Br)c([N+](=O)[O-])n1. The van der Waals surface area contributed by atoms with Crippen molar-refractivity contribution < 1.29 is 4.92 Å². The Morgan fingerprint density at radius 2 is 2.25 bits per heavy atom. The lowest BCUT2D eigenvalue weighted by atomic mass is 10.1. The zero-order chi connectivity index (χ0) is 12.3. The van der Waals surface area contributed by atoms with Crippen LogP contribution in [0.1, 0.15) is 20.8 Å². The zero-order valence-corrected chi connectivity index (χ0v) is 11.1. The number of nitrogens with zero attached hydrogens (tertiary/aromatic N) is 3. The quantitative estimate of drug-likeness (QED) is 0.679. The van der Waals surface area contributed by atoms with Crippen molar-refractivity contribution in [2.45, 2.75) is 32.9 Å².